The van der Waals surface area contributed by atoms with Gasteiger partial charge in [-0.25, -0.2) is 0 Å². The molecule has 0 unspecified atom stereocenters. The Bertz CT molecular complexity index is 452. The van der Waals surface area contributed by atoms with E-state index in [1.807, 2.05) is 0 Å². The molecule has 16 heavy (non-hydrogen) atoms. The molecule has 1 rings (SSSR count). The van der Waals surface area contributed by atoms with E-state index < -0.39 is 5.97 Å². The predicted octanol–water partition coefficient (Wildman–Crippen LogP) is 2.49. The van der Waals surface area contributed by atoms with E-state index in [9.17, 15) is 4.79 Å². The fourth-order valence-corrected chi connectivity index (χ4v) is 1.59. The molecule has 5 heteroatoms. The Morgan fingerprint density at radius 3 is 2.50 bits per heavy atom. The quantitative estimate of drug-likeness (QED) is 0.478. The molecule has 0 radical (unpaired) electrons. The summed E-state index contributed by atoms with van der Waals surface area (Å²) in [6.45, 7) is 0. The number of benzene rings is 1. The normalized spacial score (nSPS) is 9.19. The maximum Gasteiger partial charge on any atom is 0.317 e. The first-order chi connectivity index (χ1) is 7.54. The maximum absolute atomic E-state index is 10.8. The standard InChI is InChI=1S/C11H9Cl2NO2/c1-16-11(15)4-2-3-8-9(12)5-7(14)6-10(8)13/h5-6H,4,14H2,1H3. The first-order valence-electron chi connectivity index (χ1n) is 4.34. The average molecular weight is 258 g/mol. The molecular formula is C11H9Cl2NO2. The van der Waals surface area contributed by atoms with Crippen LogP contribution >= 0.6 is 23.2 Å². The van der Waals surface area contributed by atoms with Crippen molar-refractivity contribution in [1.82, 2.24) is 0 Å². The largest absolute Gasteiger partial charge is 0.468 e. The Kier molecular flexibility index (Phi) is 4.48. The summed E-state index contributed by atoms with van der Waals surface area (Å²) in [5, 5.41) is 0.727. The number of esters is 1. The third-order valence-electron chi connectivity index (χ3n) is 1.74. The van der Waals surface area contributed by atoms with Gasteiger partial charge in [0.15, 0.2) is 0 Å². The highest BCUT2D eigenvalue weighted by atomic mass is 35.5. The minimum absolute atomic E-state index is 0.00641. The van der Waals surface area contributed by atoms with Crippen molar-refractivity contribution in [3.8, 4) is 11.8 Å². The lowest BCUT2D eigenvalue weighted by Crippen LogP contribution is -1.97. The van der Waals surface area contributed by atoms with Crippen LogP contribution in [-0.2, 0) is 9.53 Å². The minimum atomic E-state index is -0.407. The summed E-state index contributed by atoms with van der Waals surface area (Å²) in [7, 11) is 1.30. The molecule has 0 spiro atoms. The minimum Gasteiger partial charge on any atom is -0.468 e. The van der Waals surface area contributed by atoms with E-state index >= 15 is 0 Å². The van der Waals surface area contributed by atoms with Crippen LogP contribution < -0.4 is 5.73 Å². The lowest BCUT2D eigenvalue weighted by Gasteiger charge is -2.01. The number of nitrogen functional groups attached to an aromatic ring is 1. The van der Waals surface area contributed by atoms with E-state index in [1.54, 1.807) is 12.1 Å². The topological polar surface area (TPSA) is 52.3 Å². The fraction of sp³-hybridized carbons (Fsp3) is 0.182. The molecule has 0 aromatic heterocycles. The second-order valence-corrected chi connectivity index (χ2v) is 3.73. The fourth-order valence-electron chi connectivity index (χ4n) is 0.989. The molecule has 0 aliphatic heterocycles. The van der Waals surface area contributed by atoms with Gasteiger partial charge < -0.3 is 10.5 Å². The zero-order chi connectivity index (χ0) is 12.1. The molecule has 0 fully saturated rings. The first kappa shape index (κ1) is 12.7. The molecule has 0 amide bonds. The Labute approximate surface area is 103 Å². The van der Waals surface area contributed by atoms with Crippen LogP contribution in [0.1, 0.15) is 12.0 Å². The average Bonchev–Trinajstić information content (AvgIpc) is 2.21. The molecule has 0 aliphatic rings. The molecule has 0 saturated heterocycles. The van der Waals surface area contributed by atoms with Crippen molar-refractivity contribution < 1.29 is 9.53 Å². The second-order valence-electron chi connectivity index (χ2n) is 2.91. The predicted molar refractivity (Wildman–Crippen MR) is 64.4 cm³/mol. The van der Waals surface area contributed by atoms with Crippen molar-refractivity contribution in [1.29, 1.82) is 0 Å². The molecule has 2 N–H and O–H groups in total. The first-order valence-corrected chi connectivity index (χ1v) is 5.10. The Balaban J connectivity index is 2.93. The number of nitrogens with two attached hydrogens (primary N) is 1. The van der Waals surface area contributed by atoms with Crippen LogP contribution in [0.25, 0.3) is 0 Å². The van der Waals surface area contributed by atoms with Crippen molar-refractivity contribution in [2.75, 3.05) is 12.8 Å². The van der Waals surface area contributed by atoms with Crippen LogP contribution in [-0.4, -0.2) is 13.1 Å². The molecule has 0 saturated carbocycles. The number of carbonyl (C=O) groups excluding carboxylic acids is 1. The summed E-state index contributed by atoms with van der Waals surface area (Å²) >= 11 is 11.8. The van der Waals surface area contributed by atoms with E-state index in [0.717, 1.165) is 0 Å². The van der Waals surface area contributed by atoms with E-state index in [4.69, 9.17) is 28.9 Å². The van der Waals surface area contributed by atoms with E-state index in [1.165, 1.54) is 7.11 Å². The lowest BCUT2D eigenvalue weighted by atomic mass is 10.2. The van der Waals surface area contributed by atoms with Crippen LogP contribution in [0, 0.1) is 11.8 Å². The van der Waals surface area contributed by atoms with Crippen molar-refractivity contribution >= 4 is 34.9 Å². The van der Waals surface area contributed by atoms with Gasteiger partial charge in [0.05, 0.1) is 22.7 Å². The summed E-state index contributed by atoms with van der Waals surface area (Å²) in [5.41, 5.74) is 6.46. The maximum atomic E-state index is 10.8. The molecule has 1 aromatic carbocycles. The van der Waals surface area contributed by atoms with Gasteiger partial charge in [-0.2, -0.15) is 0 Å². The summed E-state index contributed by atoms with van der Waals surface area (Å²) < 4.78 is 4.44. The highest BCUT2D eigenvalue weighted by Crippen LogP contribution is 2.26. The van der Waals surface area contributed by atoms with Crippen LogP contribution in [0.2, 0.25) is 10.0 Å². The highest BCUT2D eigenvalue weighted by molar-refractivity contribution is 6.37. The molecule has 1 aromatic rings. The van der Waals surface area contributed by atoms with E-state index in [2.05, 4.69) is 16.6 Å². The van der Waals surface area contributed by atoms with Gasteiger partial charge in [-0.3, -0.25) is 4.79 Å². The van der Waals surface area contributed by atoms with Gasteiger partial charge in [-0.15, -0.1) is 0 Å². The number of rotatable bonds is 1. The molecule has 0 atom stereocenters. The van der Waals surface area contributed by atoms with Crippen molar-refractivity contribution in [2.24, 2.45) is 0 Å². The zero-order valence-corrected chi connectivity index (χ0v) is 10.0. The smallest absolute Gasteiger partial charge is 0.317 e. The van der Waals surface area contributed by atoms with E-state index in [0.29, 0.717) is 21.3 Å². The van der Waals surface area contributed by atoms with E-state index in [-0.39, 0.29) is 6.42 Å². The molecule has 3 nitrogen and oxygen atoms in total. The Morgan fingerprint density at radius 2 is 2.00 bits per heavy atom. The summed E-state index contributed by atoms with van der Waals surface area (Å²) in [5.74, 6) is 4.92. The van der Waals surface area contributed by atoms with Gasteiger partial charge >= 0.3 is 5.97 Å². The Morgan fingerprint density at radius 1 is 1.44 bits per heavy atom. The van der Waals surface area contributed by atoms with Crippen molar-refractivity contribution in [3.63, 3.8) is 0 Å². The Hall–Kier alpha value is -1.37. The third kappa shape index (κ3) is 3.34. The SMILES string of the molecule is COC(=O)CC#Cc1c(Cl)cc(N)cc1Cl. The van der Waals surface area contributed by atoms with Gasteiger partial charge in [0, 0.05) is 5.69 Å². The summed E-state index contributed by atoms with van der Waals surface area (Å²) in [6.07, 6.45) is -0.00641. The van der Waals surface area contributed by atoms with Gasteiger partial charge in [0.25, 0.3) is 0 Å². The number of ether oxygens (including phenoxy) is 1. The molecule has 84 valence electrons. The van der Waals surface area contributed by atoms with Gasteiger partial charge in [-0.05, 0) is 12.1 Å². The number of methoxy groups -OCH3 is 1. The van der Waals surface area contributed by atoms with Crippen molar-refractivity contribution in [3.05, 3.63) is 27.7 Å². The van der Waals surface area contributed by atoms with Crippen LogP contribution in [0.3, 0.4) is 0 Å². The second kappa shape index (κ2) is 5.64. The number of hydrogen-bond donors (Lipinski definition) is 1. The van der Waals surface area contributed by atoms with Crippen LogP contribution in [0.15, 0.2) is 12.1 Å². The summed E-state index contributed by atoms with van der Waals surface area (Å²) in [4.78, 5) is 10.8. The number of halogens is 2. The van der Waals surface area contributed by atoms with Crippen LogP contribution in [0.4, 0.5) is 5.69 Å². The number of hydrogen-bond acceptors (Lipinski definition) is 3. The summed E-state index contributed by atoms with van der Waals surface area (Å²) in [6, 6.07) is 3.10. The zero-order valence-electron chi connectivity index (χ0n) is 8.51. The molecule has 0 bridgehead atoms. The van der Waals surface area contributed by atoms with Crippen molar-refractivity contribution in [2.45, 2.75) is 6.42 Å². The van der Waals surface area contributed by atoms with Gasteiger partial charge in [0.2, 0.25) is 0 Å². The van der Waals surface area contributed by atoms with Gasteiger partial charge in [-0.1, -0.05) is 35.0 Å². The third-order valence-corrected chi connectivity index (χ3v) is 2.33. The van der Waals surface area contributed by atoms with Crippen LogP contribution in [0.5, 0.6) is 0 Å². The highest BCUT2D eigenvalue weighted by Gasteiger charge is 2.04. The lowest BCUT2D eigenvalue weighted by molar-refractivity contribution is -0.139. The molecule has 0 aliphatic carbocycles. The molecular weight excluding hydrogens is 249 g/mol. The monoisotopic (exact) mass is 257 g/mol. The van der Waals surface area contributed by atoms with Gasteiger partial charge in [0.1, 0.15) is 6.42 Å². The number of carbonyl (C=O) groups is 1. The molecule has 0 heterocycles. The number of anilines is 1.